The summed E-state index contributed by atoms with van der Waals surface area (Å²) in [6.45, 7) is 0.617. The normalized spacial score (nSPS) is 20.5. The van der Waals surface area contributed by atoms with E-state index in [1.54, 1.807) is 42.9 Å². The molecular weight excluding hydrogens is 397 g/mol. The van der Waals surface area contributed by atoms with Crippen LogP contribution in [-0.2, 0) is 11.3 Å². The summed E-state index contributed by atoms with van der Waals surface area (Å²) in [6.07, 6.45) is 7.97. The lowest BCUT2D eigenvalue weighted by Crippen LogP contribution is -2.40. The molecular formula is C23H22FN5O2. The van der Waals surface area contributed by atoms with Gasteiger partial charge in [0.15, 0.2) is 5.82 Å². The standard InChI is InChI=1S/C23H22FN5O2/c24-19-3-1-2-4-20(19)29-12-10-21(27-29)26-22(30)15-5-7-17(8-6-15)28-14-16-9-11-25-13-18(16)23(28)31/h1-4,9-13,15,17H,5-8,14H2,(H,26,27,30). The minimum atomic E-state index is -0.379. The van der Waals surface area contributed by atoms with Gasteiger partial charge in [0, 0.05) is 43.2 Å². The van der Waals surface area contributed by atoms with E-state index in [0.29, 0.717) is 36.5 Å². The molecule has 2 amide bonds. The third kappa shape index (κ3) is 3.69. The molecule has 0 bridgehead atoms. The van der Waals surface area contributed by atoms with Gasteiger partial charge in [-0.25, -0.2) is 9.07 Å². The molecule has 2 aliphatic rings. The molecule has 31 heavy (non-hydrogen) atoms. The molecule has 1 aliphatic carbocycles. The fraction of sp³-hybridized carbons (Fsp3) is 0.304. The van der Waals surface area contributed by atoms with E-state index in [9.17, 15) is 14.0 Å². The number of nitrogens with one attached hydrogen (secondary N) is 1. The van der Waals surface area contributed by atoms with Gasteiger partial charge in [0.25, 0.3) is 5.91 Å². The van der Waals surface area contributed by atoms with Gasteiger partial charge in [0.1, 0.15) is 11.5 Å². The quantitative estimate of drug-likeness (QED) is 0.701. The predicted molar refractivity (Wildman–Crippen MR) is 112 cm³/mol. The number of benzene rings is 1. The number of halogens is 1. The van der Waals surface area contributed by atoms with Crippen LogP contribution < -0.4 is 5.32 Å². The summed E-state index contributed by atoms with van der Waals surface area (Å²) in [6, 6.07) is 10.0. The lowest BCUT2D eigenvalue weighted by atomic mass is 9.84. The average molecular weight is 419 g/mol. The molecule has 0 radical (unpaired) electrons. The number of fused-ring (bicyclic) bond motifs is 1. The van der Waals surface area contributed by atoms with Gasteiger partial charge in [-0.1, -0.05) is 12.1 Å². The molecule has 2 aromatic heterocycles. The number of rotatable bonds is 4. The van der Waals surface area contributed by atoms with E-state index < -0.39 is 0 Å². The average Bonchev–Trinajstić information content (AvgIpc) is 3.39. The molecule has 0 unspecified atom stereocenters. The Labute approximate surface area is 178 Å². The Morgan fingerprint density at radius 2 is 1.90 bits per heavy atom. The summed E-state index contributed by atoms with van der Waals surface area (Å²) in [5.41, 5.74) is 2.04. The van der Waals surface area contributed by atoms with Crippen LogP contribution in [0.3, 0.4) is 0 Å². The Bertz CT molecular complexity index is 1140. The highest BCUT2D eigenvalue weighted by Crippen LogP contribution is 2.33. The molecule has 0 spiro atoms. The van der Waals surface area contributed by atoms with Crippen LogP contribution in [0, 0.1) is 11.7 Å². The summed E-state index contributed by atoms with van der Waals surface area (Å²) in [5.74, 6) is -0.159. The molecule has 5 rings (SSSR count). The molecule has 0 saturated heterocycles. The van der Waals surface area contributed by atoms with Gasteiger partial charge in [-0.15, -0.1) is 5.10 Å². The third-order valence-electron chi connectivity index (χ3n) is 6.19. The van der Waals surface area contributed by atoms with Gasteiger partial charge >= 0.3 is 0 Å². The van der Waals surface area contributed by atoms with Crippen molar-refractivity contribution in [3.05, 3.63) is 71.9 Å². The second kappa shape index (κ2) is 7.94. The number of amides is 2. The molecule has 3 aromatic rings. The number of aromatic nitrogens is 3. The minimum Gasteiger partial charge on any atom is -0.331 e. The van der Waals surface area contributed by atoms with Crippen LogP contribution >= 0.6 is 0 Å². The maximum Gasteiger partial charge on any atom is 0.256 e. The minimum absolute atomic E-state index is 0.0367. The zero-order chi connectivity index (χ0) is 21.4. The molecule has 0 atom stereocenters. The number of nitrogens with zero attached hydrogens (tertiary/aromatic N) is 4. The molecule has 1 saturated carbocycles. The molecule has 1 N–H and O–H groups in total. The molecule has 1 aliphatic heterocycles. The van der Waals surface area contributed by atoms with Crippen molar-refractivity contribution < 1.29 is 14.0 Å². The maximum atomic E-state index is 13.9. The summed E-state index contributed by atoms with van der Waals surface area (Å²) >= 11 is 0. The highest BCUT2D eigenvalue weighted by Gasteiger charge is 2.36. The van der Waals surface area contributed by atoms with Crippen molar-refractivity contribution in [3.63, 3.8) is 0 Å². The SMILES string of the molecule is O=C(Nc1ccn(-c2ccccc2F)n1)C1CCC(N2Cc3ccncc3C2=O)CC1. The number of anilines is 1. The zero-order valence-corrected chi connectivity index (χ0v) is 16.9. The zero-order valence-electron chi connectivity index (χ0n) is 16.9. The molecule has 158 valence electrons. The topological polar surface area (TPSA) is 80.1 Å². The van der Waals surface area contributed by atoms with Gasteiger partial charge in [-0.2, -0.15) is 0 Å². The lowest BCUT2D eigenvalue weighted by molar-refractivity contribution is -0.121. The maximum absolute atomic E-state index is 13.9. The van der Waals surface area contributed by atoms with E-state index in [2.05, 4.69) is 15.4 Å². The van der Waals surface area contributed by atoms with Crippen LogP contribution in [0.15, 0.2) is 55.0 Å². The number of hydrogen-bond donors (Lipinski definition) is 1. The number of carbonyl (C=O) groups is 2. The van der Waals surface area contributed by atoms with Crippen LogP contribution in [0.25, 0.3) is 5.69 Å². The summed E-state index contributed by atoms with van der Waals surface area (Å²) in [7, 11) is 0. The van der Waals surface area contributed by atoms with Gasteiger partial charge in [0.2, 0.25) is 5.91 Å². The fourth-order valence-corrected chi connectivity index (χ4v) is 4.50. The number of pyridine rings is 1. The van der Waals surface area contributed by atoms with Crippen molar-refractivity contribution in [2.24, 2.45) is 5.92 Å². The number of carbonyl (C=O) groups excluding carboxylic acids is 2. The first-order chi connectivity index (χ1) is 15.1. The van der Waals surface area contributed by atoms with Crippen molar-refractivity contribution >= 4 is 17.6 Å². The van der Waals surface area contributed by atoms with Crippen molar-refractivity contribution in [1.29, 1.82) is 0 Å². The molecule has 8 heteroatoms. The number of para-hydroxylation sites is 1. The van der Waals surface area contributed by atoms with Gasteiger partial charge in [0.05, 0.1) is 5.56 Å². The smallest absolute Gasteiger partial charge is 0.256 e. The summed E-state index contributed by atoms with van der Waals surface area (Å²) in [5, 5.41) is 7.12. The van der Waals surface area contributed by atoms with E-state index >= 15 is 0 Å². The first-order valence-corrected chi connectivity index (χ1v) is 10.5. The van der Waals surface area contributed by atoms with Crippen molar-refractivity contribution in [2.45, 2.75) is 38.3 Å². The van der Waals surface area contributed by atoms with Crippen LogP contribution in [-0.4, -0.2) is 37.5 Å². The predicted octanol–water partition coefficient (Wildman–Crippen LogP) is 3.56. The highest BCUT2D eigenvalue weighted by atomic mass is 19.1. The summed E-state index contributed by atoms with van der Waals surface area (Å²) in [4.78, 5) is 31.4. The first-order valence-electron chi connectivity index (χ1n) is 10.5. The fourth-order valence-electron chi connectivity index (χ4n) is 4.50. The van der Waals surface area contributed by atoms with Crippen LogP contribution in [0.4, 0.5) is 10.2 Å². The monoisotopic (exact) mass is 419 g/mol. The van der Waals surface area contributed by atoms with E-state index in [1.165, 1.54) is 10.7 Å². The van der Waals surface area contributed by atoms with Crippen LogP contribution in [0.1, 0.15) is 41.6 Å². The van der Waals surface area contributed by atoms with Gasteiger partial charge in [-0.3, -0.25) is 14.6 Å². The van der Waals surface area contributed by atoms with Gasteiger partial charge in [-0.05, 0) is 49.4 Å². The Morgan fingerprint density at radius 1 is 1.10 bits per heavy atom. The second-order valence-electron chi connectivity index (χ2n) is 8.06. The number of hydrogen-bond acceptors (Lipinski definition) is 4. The molecule has 1 aromatic carbocycles. The van der Waals surface area contributed by atoms with Gasteiger partial charge < -0.3 is 10.2 Å². The summed E-state index contributed by atoms with van der Waals surface area (Å²) < 4.78 is 15.3. The van der Waals surface area contributed by atoms with Crippen molar-refractivity contribution in [2.75, 3.05) is 5.32 Å². The lowest BCUT2D eigenvalue weighted by Gasteiger charge is -2.34. The van der Waals surface area contributed by atoms with E-state index in [0.717, 1.165) is 18.4 Å². The molecule has 3 heterocycles. The second-order valence-corrected chi connectivity index (χ2v) is 8.06. The highest BCUT2D eigenvalue weighted by molar-refractivity contribution is 5.98. The van der Waals surface area contributed by atoms with E-state index in [1.807, 2.05) is 11.0 Å². The third-order valence-corrected chi connectivity index (χ3v) is 6.19. The Hall–Kier alpha value is -3.55. The first kappa shape index (κ1) is 19.4. The Morgan fingerprint density at radius 3 is 2.68 bits per heavy atom. The molecule has 7 nitrogen and oxygen atoms in total. The van der Waals surface area contributed by atoms with Crippen molar-refractivity contribution in [1.82, 2.24) is 19.7 Å². The van der Waals surface area contributed by atoms with E-state index in [-0.39, 0.29) is 29.6 Å². The Balaban J connectivity index is 1.18. The Kier molecular flexibility index (Phi) is 4.97. The van der Waals surface area contributed by atoms with E-state index in [4.69, 9.17) is 0 Å². The van der Waals surface area contributed by atoms with Crippen molar-refractivity contribution in [3.8, 4) is 5.69 Å². The van der Waals surface area contributed by atoms with Crippen LogP contribution in [0.5, 0.6) is 0 Å². The molecule has 1 fully saturated rings. The largest absolute Gasteiger partial charge is 0.331 e. The van der Waals surface area contributed by atoms with Crippen LogP contribution in [0.2, 0.25) is 0 Å².